The number of hydrogen-bond donors (Lipinski definition) is 0. The largest absolute Gasteiger partial charge is 0.378 e. The number of carbonyl (C=O) groups is 1. The Morgan fingerprint density at radius 2 is 2.00 bits per heavy atom. The Kier molecular flexibility index (Phi) is 3.11. The van der Waals surface area contributed by atoms with E-state index in [0.717, 1.165) is 37.1 Å². The molecule has 0 atom stereocenters. The molecule has 0 bridgehead atoms. The molecule has 1 aromatic rings. The zero-order valence-electron chi connectivity index (χ0n) is 11.3. The summed E-state index contributed by atoms with van der Waals surface area (Å²) < 4.78 is 9.70. The summed E-state index contributed by atoms with van der Waals surface area (Å²) >= 11 is 1.47. The molecule has 7 heteroatoms. The Morgan fingerprint density at radius 3 is 2.70 bits per heavy atom. The Hall–Kier alpha value is -1.21. The summed E-state index contributed by atoms with van der Waals surface area (Å²) in [6.07, 6.45) is 2.46. The lowest BCUT2D eigenvalue weighted by molar-refractivity contribution is -0.140. The van der Waals surface area contributed by atoms with Crippen LogP contribution in [-0.4, -0.2) is 59.6 Å². The van der Waals surface area contributed by atoms with E-state index >= 15 is 0 Å². The van der Waals surface area contributed by atoms with Crippen molar-refractivity contribution in [1.29, 1.82) is 0 Å². The number of aromatic nitrogens is 2. The summed E-state index contributed by atoms with van der Waals surface area (Å²) in [5.74, 6) is 2.01. The van der Waals surface area contributed by atoms with Crippen molar-refractivity contribution in [3.63, 3.8) is 0 Å². The molecular formula is C13H18N4O2S. The second kappa shape index (κ2) is 4.96. The molecule has 4 rings (SSSR count). The van der Waals surface area contributed by atoms with Crippen LogP contribution in [0.15, 0.2) is 0 Å². The van der Waals surface area contributed by atoms with Gasteiger partial charge in [0.15, 0.2) is 0 Å². The van der Waals surface area contributed by atoms with Crippen LogP contribution in [-0.2, 0) is 9.53 Å². The predicted molar refractivity (Wildman–Crippen MR) is 75.0 cm³/mol. The maximum atomic E-state index is 12.3. The van der Waals surface area contributed by atoms with E-state index in [0.29, 0.717) is 19.1 Å². The maximum Gasteiger partial charge on any atom is 0.229 e. The number of rotatable bonds is 3. The summed E-state index contributed by atoms with van der Waals surface area (Å²) in [6.45, 7) is 4.39. The first kappa shape index (κ1) is 12.5. The summed E-state index contributed by atoms with van der Waals surface area (Å²) in [6, 6.07) is 0. The van der Waals surface area contributed by atoms with Crippen molar-refractivity contribution < 1.29 is 9.53 Å². The molecule has 0 unspecified atom stereocenters. The standard InChI is InChI=1S/C13H18N4O2S/c18-12(16-3-5-19-6-4-16)10-7-17(8-10)13-14-11(15-20-13)9-1-2-9/h9-10H,1-8H2. The van der Waals surface area contributed by atoms with E-state index in [4.69, 9.17) is 4.74 Å². The van der Waals surface area contributed by atoms with Gasteiger partial charge in [-0.2, -0.15) is 4.37 Å². The molecule has 2 saturated heterocycles. The van der Waals surface area contributed by atoms with Crippen molar-refractivity contribution in [2.24, 2.45) is 5.92 Å². The number of nitrogens with zero attached hydrogens (tertiary/aromatic N) is 4. The van der Waals surface area contributed by atoms with Crippen LogP contribution in [0.2, 0.25) is 0 Å². The maximum absolute atomic E-state index is 12.3. The fourth-order valence-corrected chi connectivity index (χ4v) is 3.46. The third-order valence-corrected chi connectivity index (χ3v) is 4.99. The van der Waals surface area contributed by atoms with Gasteiger partial charge in [0, 0.05) is 43.6 Å². The first-order chi connectivity index (χ1) is 9.81. The van der Waals surface area contributed by atoms with E-state index in [1.165, 1.54) is 24.4 Å². The van der Waals surface area contributed by atoms with Crippen LogP contribution in [0.5, 0.6) is 0 Å². The number of carbonyl (C=O) groups excluding carboxylic acids is 1. The molecule has 0 radical (unpaired) electrons. The minimum atomic E-state index is 0.126. The first-order valence-electron chi connectivity index (χ1n) is 7.26. The van der Waals surface area contributed by atoms with Crippen LogP contribution in [0.25, 0.3) is 0 Å². The van der Waals surface area contributed by atoms with E-state index in [9.17, 15) is 4.79 Å². The second-order valence-electron chi connectivity index (χ2n) is 5.75. The van der Waals surface area contributed by atoms with E-state index in [2.05, 4.69) is 14.3 Å². The molecule has 108 valence electrons. The second-order valence-corrected chi connectivity index (χ2v) is 6.48. The van der Waals surface area contributed by atoms with Crippen molar-refractivity contribution in [2.75, 3.05) is 44.3 Å². The smallest absolute Gasteiger partial charge is 0.229 e. The molecule has 0 N–H and O–H groups in total. The summed E-state index contributed by atoms with van der Waals surface area (Å²) in [5, 5.41) is 0.984. The van der Waals surface area contributed by atoms with Crippen molar-refractivity contribution in [3.8, 4) is 0 Å². The number of anilines is 1. The zero-order valence-corrected chi connectivity index (χ0v) is 12.1. The zero-order chi connectivity index (χ0) is 13.5. The normalized spacial score (nSPS) is 23.8. The molecular weight excluding hydrogens is 276 g/mol. The molecule has 0 aromatic carbocycles. The van der Waals surface area contributed by atoms with Crippen LogP contribution in [0.4, 0.5) is 5.13 Å². The minimum absolute atomic E-state index is 0.126. The Balaban J connectivity index is 1.32. The van der Waals surface area contributed by atoms with Gasteiger partial charge in [-0.15, -0.1) is 0 Å². The number of morpholine rings is 1. The van der Waals surface area contributed by atoms with Crippen LogP contribution < -0.4 is 4.90 Å². The molecule has 6 nitrogen and oxygen atoms in total. The predicted octanol–water partition coefficient (Wildman–Crippen LogP) is 0.710. The Bertz CT molecular complexity index is 504. The highest BCUT2D eigenvalue weighted by atomic mass is 32.1. The molecule has 1 saturated carbocycles. The van der Waals surface area contributed by atoms with Crippen molar-refractivity contribution in [2.45, 2.75) is 18.8 Å². The summed E-state index contributed by atoms with van der Waals surface area (Å²) in [4.78, 5) is 21.0. The average molecular weight is 294 g/mol. The van der Waals surface area contributed by atoms with Gasteiger partial charge in [0.25, 0.3) is 0 Å². The first-order valence-corrected chi connectivity index (χ1v) is 8.03. The van der Waals surface area contributed by atoms with E-state index < -0.39 is 0 Å². The van der Waals surface area contributed by atoms with Gasteiger partial charge in [-0.05, 0) is 12.8 Å². The highest BCUT2D eigenvalue weighted by Crippen LogP contribution is 2.40. The Morgan fingerprint density at radius 1 is 1.25 bits per heavy atom. The van der Waals surface area contributed by atoms with Gasteiger partial charge >= 0.3 is 0 Å². The average Bonchev–Trinajstić information content (AvgIpc) is 3.18. The summed E-state index contributed by atoms with van der Waals surface area (Å²) in [5.41, 5.74) is 0. The lowest BCUT2D eigenvalue weighted by Gasteiger charge is -2.41. The van der Waals surface area contributed by atoms with Gasteiger partial charge in [-0.25, -0.2) is 4.98 Å². The SMILES string of the molecule is O=C(C1CN(c2nc(C3CC3)ns2)C1)N1CCOCC1. The molecule has 2 aliphatic heterocycles. The van der Waals surface area contributed by atoms with Gasteiger partial charge < -0.3 is 14.5 Å². The molecule has 0 spiro atoms. The monoisotopic (exact) mass is 294 g/mol. The molecule has 1 aromatic heterocycles. The molecule has 20 heavy (non-hydrogen) atoms. The van der Waals surface area contributed by atoms with Crippen LogP contribution in [0.1, 0.15) is 24.6 Å². The fourth-order valence-electron chi connectivity index (χ4n) is 2.70. The third kappa shape index (κ3) is 2.29. The van der Waals surface area contributed by atoms with E-state index in [1.807, 2.05) is 4.90 Å². The van der Waals surface area contributed by atoms with Crippen molar-refractivity contribution in [3.05, 3.63) is 5.82 Å². The Labute approximate surface area is 121 Å². The highest BCUT2D eigenvalue weighted by molar-refractivity contribution is 7.09. The lowest BCUT2D eigenvalue weighted by atomic mass is 9.99. The number of hydrogen-bond acceptors (Lipinski definition) is 6. The third-order valence-electron chi connectivity index (χ3n) is 4.20. The summed E-state index contributed by atoms with van der Waals surface area (Å²) in [7, 11) is 0. The van der Waals surface area contributed by atoms with Gasteiger partial charge in [0.2, 0.25) is 11.0 Å². The topological polar surface area (TPSA) is 58.6 Å². The van der Waals surface area contributed by atoms with E-state index in [-0.39, 0.29) is 11.8 Å². The van der Waals surface area contributed by atoms with Crippen LogP contribution >= 0.6 is 11.5 Å². The van der Waals surface area contributed by atoms with Gasteiger partial charge in [-0.3, -0.25) is 4.79 Å². The molecule has 3 fully saturated rings. The van der Waals surface area contributed by atoms with Gasteiger partial charge in [0.05, 0.1) is 19.1 Å². The molecule has 3 aliphatic rings. The number of amides is 1. The van der Waals surface area contributed by atoms with Crippen molar-refractivity contribution in [1.82, 2.24) is 14.3 Å². The fraction of sp³-hybridized carbons (Fsp3) is 0.769. The van der Waals surface area contributed by atoms with Crippen LogP contribution in [0, 0.1) is 5.92 Å². The minimum Gasteiger partial charge on any atom is -0.378 e. The quantitative estimate of drug-likeness (QED) is 0.822. The lowest BCUT2D eigenvalue weighted by Crippen LogP contribution is -2.56. The highest BCUT2D eigenvalue weighted by Gasteiger charge is 2.38. The van der Waals surface area contributed by atoms with Crippen LogP contribution in [0.3, 0.4) is 0 Å². The van der Waals surface area contributed by atoms with Crippen molar-refractivity contribution >= 4 is 22.6 Å². The van der Waals surface area contributed by atoms with Gasteiger partial charge in [-0.1, -0.05) is 0 Å². The molecule has 1 aliphatic carbocycles. The number of ether oxygens (including phenoxy) is 1. The molecule has 3 heterocycles. The van der Waals surface area contributed by atoms with E-state index in [1.54, 1.807) is 0 Å². The van der Waals surface area contributed by atoms with Gasteiger partial charge in [0.1, 0.15) is 5.82 Å². The molecule has 1 amide bonds.